The Morgan fingerprint density at radius 3 is 3.20 bits per heavy atom. The second-order valence-electron chi connectivity index (χ2n) is 3.30. The molecule has 4 heteroatoms. The second kappa shape index (κ2) is 4.57. The first-order chi connectivity index (χ1) is 7.33. The molecule has 0 spiro atoms. The van der Waals surface area contributed by atoms with E-state index in [1.165, 1.54) is 7.11 Å². The lowest BCUT2D eigenvalue weighted by atomic mass is 10.1. The molecule has 3 nitrogen and oxygen atoms in total. The Morgan fingerprint density at radius 1 is 1.53 bits per heavy atom. The third-order valence-corrected chi connectivity index (χ3v) is 3.46. The number of benzene rings is 1. The van der Waals surface area contributed by atoms with Gasteiger partial charge in [0.1, 0.15) is 0 Å². The van der Waals surface area contributed by atoms with Crippen molar-refractivity contribution in [3.63, 3.8) is 0 Å². The van der Waals surface area contributed by atoms with Crippen LogP contribution in [0.25, 0.3) is 0 Å². The Balaban J connectivity index is 2.43. The molecule has 1 aromatic rings. The summed E-state index contributed by atoms with van der Waals surface area (Å²) in [5.41, 5.74) is 1.55. The average molecular weight is 223 g/mol. The van der Waals surface area contributed by atoms with E-state index in [1.807, 2.05) is 12.1 Å². The van der Waals surface area contributed by atoms with Crippen LogP contribution in [0.15, 0.2) is 23.1 Å². The van der Waals surface area contributed by atoms with Gasteiger partial charge in [-0.05, 0) is 24.3 Å². The summed E-state index contributed by atoms with van der Waals surface area (Å²) >= 11 is 1.78. The van der Waals surface area contributed by atoms with E-state index in [0.717, 1.165) is 29.3 Å². The van der Waals surface area contributed by atoms with Gasteiger partial charge >= 0.3 is 5.97 Å². The second-order valence-corrected chi connectivity index (χ2v) is 4.44. The number of anilines is 1. The fourth-order valence-electron chi connectivity index (χ4n) is 1.58. The number of carbonyl (C=O) groups is 1. The molecule has 0 atom stereocenters. The van der Waals surface area contributed by atoms with Crippen molar-refractivity contribution in [3.8, 4) is 0 Å². The minimum Gasteiger partial charge on any atom is -0.465 e. The van der Waals surface area contributed by atoms with Gasteiger partial charge in [0.25, 0.3) is 0 Å². The van der Waals surface area contributed by atoms with E-state index in [4.69, 9.17) is 4.74 Å². The quantitative estimate of drug-likeness (QED) is 0.742. The number of methoxy groups -OCH3 is 1. The van der Waals surface area contributed by atoms with Crippen LogP contribution in [0.2, 0.25) is 0 Å². The fourth-order valence-corrected chi connectivity index (χ4v) is 2.59. The lowest BCUT2D eigenvalue weighted by Gasteiger charge is -2.11. The molecule has 0 bridgehead atoms. The molecule has 1 aromatic carbocycles. The number of carbonyl (C=O) groups excluding carboxylic acids is 1. The van der Waals surface area contributed by atoms with Gasteiger partial charge in [0.05, 0.1) is 18.4 Å². The van der Waals surface area contributed by atoms with Crippen molar-refractivity contribution < 1.29 is 9.53 Å². The van der Waals surface area contributed by atoms with E-state index in [1.54, 1.807) is 17.8 Å². The van der Waals surface area contributed by atoms with Crippen LogP contribution in [0.3, 0.4) is 0 Å². The molecule has 0 aliphatic carbocycles. The van der Waals surface area contributed by atoms with Gasteiger partial charge in [-0.15, -0.1) is 11.8 Å². The summed E-state index contributed by atoms with van der Waals surface area (Å²) in [5.74, 6) is 0.812. The van der Waals surface area contributed by atoms with Gasteiger partial charge in [-0.1, -0.05) is 6.07 Å². The van der Waals surface area contributed by atoms with E-state index in [0.29, 0.717) is 5.56 Å². The van der Waals surface area contributed by atoms with E-state index < -0.39 is 0 Å². The molecule has 1 aliphatic rings. The number of ether oxygens (including phenoxy) is 1. The Bertz CT molecular complexity index is 379. The van der Waals surface area contributed by atoms with E-state index in [-0.39, 0.29) is 5.97 Å². The first-order valence-electron chi connectivity index (χ1n) is 4.91. The number of nitrogens with one attached hydrogen (secondary N) is 1. The van der Waals surface area contributed by atoms with Crippen LogP contribution in [0.4, 0.5) is 5.69 Å². The maximum Gasteiger partial charge on any atom is 0.340 e. The normalized spacial score (nSPS) is 14.7. The largest absolute Gasteiger partial charge is 0.465 e. The molecule has 0 radical (unpaired) electrons. The van der Waals surface area contributed by atoms with Crippen molar-refractivity contribution in [1.29, 1.82) is 0 Å². The smallest absolute Gasteiger partial charge is 0.340 e. The van der Waals surface area contributed by atoms with Crippen LogP contribution in [0.5, 0.6) is 0 Å². The molecule has 0 amide bonds. The summed E-state index contributed by atoms with van der Waals surface area (Å²) in [5, 5.41) is 3.29. The van der Waals surface area contributed by atoms with Gasteiger partial charge in [-0.3, -0.25) is 0 Å². The number of hydrogen-bond donors (Lipinski definition) is 1. The average Bonchev–Trinajstić information content (AvgIpc) is 2.52. The predicted molar refractivity (Wildman–Crippen MR) is 61.6 cm³/mol. The summed E-state index contributed by atoms with van der Waals surface area (Å²) in [6.45, 7) is 0.911. The third-order valence-electron chi connectivity index (χ3n) is 2.31. The molecule has 0 saturated heterocycles. The SMILES string of the molecule is COC(=O)c1cccc2c1NCCCS2. The minimum atomic E-state index is -0.276. The Labute approximate surface area is 93.2 Å². The molecule has 1 aliphatic heterocycles. The number of thioether (sulfide) groups is 1. The minimum absolute atomic E-state index is 0.276. The molecular formula is C11H13NO2S. The summed E-state index contributed by atoms with van der Waals surface area (Å²) in [6.07, 6.45) is 1.11. The molecule has 1 N–H and O–H groups in total. The van der Waals surface area contributed by atoms with Crippen LogP contribution in [0, 0.1) is 0 Å². The lowest BCUT2D eigenvalue weighted by Crippen LogP contribution is -2.08. The zero-order valence-corrected chi connectivity index (χ0v) is 9.39. The molecular weight excluding hydrogens is 210 g/mol. The fraction of sp³-hybridized carbons (Fsp3) is 0.364. The molecule has 0 fully saturated rings. The van der Waals surface area contributed by atoms with Crippen molar-refractivity contribution in [2.24, 2.45) is 0 Å². The van der Waals surface area contributed by atoms with Gasteiger partial charge in [-0.2, -0.15) is 0 Å². The topological polar surface area (TPSA) is 38.3 Å². The molecule has 80 valence electrons. The zero-order valence-electron chi connectivity index (χ0n) is 8.58. The lowest BCUT2D eigenvalue weighted by molar-refractivity contribution is 0.0601. The van der Waals surface area contributed by atoms with E-state index >= 15 is 0 Å². The maximum absolute atomic E-state index is 11.5. The van der Waals surface area contributed by atoms with Crippen molar-refractivity contribution >= 4 is 23.4 Å². The van der Waals surface area contributed by atoms with E-state index in [2.05, 4.69) is 5.32 Å². The Hall–Kier alpha value is -1.16. The number of rotatable bonds is 1. The van der Waals surface area contributed by atoms with Crippen molar-refractivity contribution in [2.45, 2.75) is 11.3 Å². The van der Waals surface area contributed by atoms with Crippen LogP contribution in [-0.2, 0) is 4.74 Å². The van der Waals surface area contributed by atoms with Crippen molar-refractivity contribution in [2.75, 3.05) is 24.7 Å². The molecule has 15 heavy (non-hydrogen) atoms. The summed E-state index contributed by atoms with van der Waals surface area (Å²) in [6, 6.07) is 5.72. The van der Waals surface area contributed by atoms with E-state index in [9.17, 15) is 4.79 Å². The van der Waals surface area contributed by atoms with Crippen LogP contribution >= 0.6 is 11.8 Å². The van der Waals surface area contributed by atoms with Gasteiger partial charge in [0, 0.05) is 11.4 Å². The highest BCUT2D eigenvalue weighted by Gasteiger charge is 2.16. The highest BCUT2D eigenvalue weighted by atomic mass is 32.2. The molecule has 2 rings (SSSR count). The highest BCUT2D eigenvalue weighted by Crippen LogP contribution is 2.33. The number of fused-ring (bicyclic) bond motifs is 1. The van der Waals surface area contributed by atoms with Gasteiger partial charge in [-0.25, -0.2) is 4.79 Å². The predicted octanol–water partition coefficient (Wildman–Crippen LogP) is 2.38. The summed E-state index contributed by atoms with van der Waals surface area (Å²) in [4.78, 5) is 12.7. The number of hydrogen-bond acceptors (Lipinski definition) is 4. The van der Waals surface area contributed by atoms with Gasteiger partial charge in [0.15, 0.2) is 0 Å². The molecule has 1 heterocycles. The maximum atomic E-state index is 11.5. The van der Waals surface area contributed by atoms with Gasteiger partial charge < -0.3 is 10.1 Å². The molecule has 0 unspecified atom stereocenters. The van der Waals surface area contributed by atoms with Crippen LogP contribution < -0.4 is 5.32 Å². The molecule has 0 saturated carbocycles. The van der Waals surface area contributed by atoms with Crippen LogP contribution in [-0.4, -0.2) is 25.4 Å². The Morgan fingerprint density at radius 2 is 2.40 bits per heavy atom. The third kappa shape index (κ3) is 2.09. The summed E-state index contributed by atoms with van der Waals surface area (Å²) < 4.78 is 4.75. The monoisotopic (exact) mass is 223 g/mol. The number of para-hydroxylation sites is 1. The standard InChI is InChI=1S/C11H13NO2S/c1-14-11(13)8-4-2-5-9-10(8)12-6-3-7-15-9/h2,4-5,12H,3,6-7H2,1H3. The first-order valence-corrected chi connectivity index (χ1v) is 5.89. The molecule has 0 aromatic heterocycles. The Kier molecular flexibility index (Phi) is 3.16. The van der Waals surface area contributed by atoms with Gasteiger partial charge in [0.2, 0.25) is 0 Å². The van der Waals surface area contributed by atoms with Crippen molar-refractivity contribution in [1.82, 2.24) is 0 Å². The number of esters is 1. The first kappa shape index (κ1) is 10.4. The van der Waals surface area contributed by atoms with Crippen LogP contribution in [0.1, 0.15) is 16.8 Å². The summed E-state index contributed by atoms with van der Waals surface area (Å²) in [7, 11) is 1.41. The van der Waals surface area contributed by atoms with Crippen molar-refractivity contribution in [3.05, 3.63) is 23.8 Å². The highest BCUT2D eigenvalue weighted by molar-refractivity contribution is 7.99. The zero-order chi connectivity index (χ0) is 10.7.